The zero-order chi connectivity index (χ0) is 16.4. The van der Waals surface area contributed by atoms with Crippen molar-refractivity contribution in [2.75, 3.05) is 59.9 Å². The Kier molecular flexibility index (Phi) is 13.2. The molecule has 2 N–H and O–H groups in total. The third-order valence-corrected chi connectivity index (χ3v) is 4.26. The summed E-state index contributed by atoms with van der Waals surface area (Å²) in [6.07, 6.45) is 2.47. The zero-order valence-electron chi connectivity index (χ0n) is 15.8. The SMILES string of the molecule is CN=C(NCCCC(C)C)NCC(C)CN1CCN(C)CC1.I. The summed E-state index contributed by atoms with van der Waals surface area (Å²) < 4.78 is 0. The van der Waals surface area contributed by atoms with E-state index in [4.69, 9.17) is 0 Å². The van der Waals surface area contributed by atoms with Gasteiger partial charge in [-0.15, -0.1) is 24.0 Å². The number of rotatable bonds is 8. The maximum Gasteiger partial charge on any atom is 0.190 e. The molecule has 1 unspecified atom stereocenters. The molecule has 5 nitrogen and oxygen atoms in total. The summed E-state index contributed by atoms with van der Waals surface area (Å²) in [5.74, 6) is 2.35. The highest BCUT2D eigenvalue weighted by atomic mass is 127. The number of nitrogens with zero attached hydrogens (tertiary/aromatic N) is 3. The molecule has 1 heterocycles. The van der Waals surface area contributed by atoms with Gasteiger partial charge in [-0.25, -0.2) is 0 Å². The largest absolute Gasteiger partial charge is 0.356 e. The van der Waals surface area contributed by atoms with E-state index in [1.165, 1.54) is 45.6 Å². The molecule has 0 saturated carbocycles. The Morgan fingerprint density at radius 1 is 1.09 bits per heavy atom. The Bertz CT molecular complexity index is 314. The van der Waals surface area contributed by atoms with Crippen LogP contribution < -0.4 is 10.6 Å². The number of hydrogen-bond donors (Lipinski definition) is 2. The zero-order valence-corrected chi connectivity index (χ0v) is 18.1. The van der Waals surface area contributed by atoms with Crippen molar-refractivity contribution in [3.8, 4) is 0 Å². The van der Waals surface area contributed by atoms with E-state index in [2.05, 4.69) is 53.2 Å². The van der Waals surface area contributed by atoms with Crippen LogP contribution in [0.4, 0.5) is 0 Å². The van der Waals surface area contributed by atoms with Crippen molar-refractivity contribution in [3.63, 3.8) is 0 Å². The molecule has 1 aliphatic heterocycles. The molecule has 0 amide bonds. The van der Waals surface area contributed by atoms with E-state index >= 15 is 0 Å². The Morgan fingerprint density at radius 2 is 1.74 bits per heavy atom. The maximum atomic E-state index is 4.31. The molecule has 1 fully saturated rings. The first kappa shape index (κ1) is 22.9. The molecule has 1 atom stereocenters. The van der Waals surface area contributed by atoms with E-state index in [1.807, 2.05) is 7.05 Å². The highest BCUT2D eigenvalue weighted by Gasteiger charge is 2.16. The van der Waals surface area contributed by atoms with Crippen LogP contribution in [0, 0.1) is 11.8 Å². The number of halogens is 1. The van der Waals surface area contributed by atoms with E-state index < -0.39 is 0 Å². The molecule has 1 rings (SSSR count). The molecule has 1 aliphatic rings. The predicted molar refractivity (Wildman–Crippen MR) is 112 cm³/mol. The normalized spacial score (nSPS) is 18.6. The average molecular weight is 439 g/mol. The number of nitrogens with one attached hydrogen (secondary N) is 2. The third-order valence-electron chi connectivity index (χ3n) is 4.26. The molecular formula is C17H38IN5. The summed E-state index contributed by atoms with van der Waals surface area (Å²) in [7, 11) is 4.06. The fourth-order valence-electron chi connectivity index (χ4n) is 2.74. The van der Waals surface area contributed by atoms with Crippen LogP contribution in [0.3, 0.4) is 0 Å². The molecule has 0 aromatic carbocycles. The van der Waals surface area contributed by atoms with Gasteiger partial charge in [0.25, 0.3) is 0 Å². The van der Waals surface area contributed by atoms with Gasteiger partial charge in [-0.2, -0.15) is 0 Å². The minimum absolute atomic E-state index is 0. The lowest BCUT2D eigenvalue weighted by Gasteiger charge is -2.34. The Hall–Kier alpha value is -0.0800. The first-order chi connectivity index (χ1) is 10.5. The average Bonchev–Trinajstić information content (AvgIpc) is 2.48. The van der Waals surface area contributed by atoms with Gasteiger partial charge in [-0.1, -0.05) is 20.8 Å². The first-order valence-electron chi connectivity index (χ1n) is 8.86. The van der Waals surface area contributed by atoms with Gasteiger partial charge in [-0.05, 0) is 31.7 Å². The Morgan fingerprint density at radius 3 is 2.30 bits per heavy atom. The first-order valence-corrected chi connectivity index (χ1v) is 8.86. The van der Waals surface area contributed by atoms with Crippen LogP contribution in [0.15, 0.2) is 4.99 Å². The van der Waals surface area contributed by atoms with Crippen molar-refractivity contribution in [2.24, 2.45) is 16.8 Å². The predicted octanol–water partition coefficient (Wildman–Crippen LogP) is 2.09. The van der Waals surface area contributed by atoms with E-state index in [0.29, 0.717) is 5.92 Å². The quantitative estimate of drug-likeness (QED) is 0.263. The highest BCUT2D eigenvalue weighted by molar-refractivity contribution is 14.0. The summed E-state index contributed by atoms with van der Waals surface area (Å²) in [6.45, 7) is 14.8. The summed E-state index contributed by atoms with van der Waals surface area (Å²) >= 11 is 0. The highest BCUT2D eigenvalue weighted by Crippen LogP contribution is 2.04. The summed E-state index contributed by atoms with van der Waals surface area (Å²) in [4.78, 5) is 9.29. The van der Waals surface area contributed by atoms with Crippen molar-refractivity contribution in [1.29, 1.82) is 0 Å². The van der Waals surface area contributed by atoms with Gasteiger partial charge in [0.1, 0.15) is 0 Å². The van der Waals surface area contributed by atoms with Crippen LogP contribution in [0.5, 0.6) is 0 Å². The lowest BCUT2D eigenvalue weighted by Crippen LogP contribution is -2.47. The molecule has 23 heavy (non-hydrogen) atoms. The molecule has 6 heteroatoms. The van der Waals surface area contributed by atoms with E-state index in [1.54, 1.807) is 0 Å². The summed E-state index contributed by atoms with van der Waals surface area (Å²) in [5.41, 5.74) is 0. The van der Waals surface area contributed by atoms with Crippen LogP contribution in [-0.2, 0) is 0 Å². The minimum atomic E-state index is 0. The molecule has 0 aromatic heterocycles. The minimum Gasteiger partial charge on any atom is -0.356 e. The fraction of sp³-hybridized carbons (Fsp3) is 0.941. The van der Waals surface area contributed by atoms with Crippen molar-refractivity contribution in [3.05, 3.63) is 0 Å². The molecule has 0 spiro atoms. The van der Waals surface area contributed by atoms with Gasteiger partial charge in [0.15, 0.2) is 5.96 Å². The van der Waals surface area contributed by atoms with Gasteiger partial charge < -0.3 is 20.4 Å². The summed E-state index contributed by atoms with van der Waals surface area (Å²) in [6, 6.07) is 0. The van der Waals surface area contributed by atoms with E-state index in [-0.39, 0.29) is 24.0 Å². The van der Waals surface area contributed by atoms with E-state index in [9.17, 15) is 0 Å². The maximum absolute atomic E-state index is 4.31. The van der Waals surface area contributed by atoms with Gasteiger partial charge in [0.05, 0.1) is 0 Å². The Labute approximate surface area is 160 Å². The number of guanidine groups is 1. The van der Waals surface area contributed by atoms with Gasteiger partial charge in [-0.3, -0.25) is 4.99 Å². The van der Waals surface area contributed by atoms with Crippen LogP contribution >= 0.6 is 24.0 Å². The number of hydrogen-bond acceptors (Lipinski definition) is 3. The fourth-order valence-corrected chi connectivity index (χ4v) is 2.74. The topological polar surface area (TPSA) is 42.9 Å². The van der Waals surface area contributed by atoms with Gasteiger partial charge in [0.2, 0.25) is 0 Å². The third kappa shape index (κ3) is 11.2. The lowest BCUT2D eigenvalue weighted by molar-refractivity contribution is 0.139. The van der Waals surface area contributed by atoms with E-state index in [0.717, 1.165) is 25.0 Å². The molecular weight excluding hydrogens is 401 g/mol. The number of likely N-dealkylation sites (N-methyl/N-ethyl adjacent to an activating group) is 1. The second kappa shape index (κ2) is 13.2. The number of aliphatic imine (C=N–C) groups is 1. The molecule has 138 valence electrons. The smallest absolute Gasteiger partial charge is 0.190 e. The molecule has 0 aromatic rings. The second-order valence-corrected chi connectivity index (χ2v) is 7.13. The summed E-state index contributed by atoms with van der Waals surface area (Å²) in [5, 5.41) is 6.87. The van der Waals surface area contributed by atoms with Crippen LogP contribution in [0.1, 0.15) is 33.6 Å². The Balaban J connectivity index is 0.00000484. The van der Waals surface area contributed by atoms with Crippen LogP contribution in [-0.4, -0.2) is 75.7 Å². The van der Waals surface area contributed by atoms with Gasteiger partial charge >= 0.3 is 0 Å². The van der Waals surface area contributed by atoms with Crippen molar-refractivity contribution in [2.45, 2.75) is 33.6 Å². The monoisotopic (exact) mass is 439 g/mol. The van der Waals surface area contributed by atoms with Crippen LogP contribution in [0.25, 0.3) is 0 Å². The standard InChI is InChI=1S/C17H37N5.HI/c1-15(2)7-6-8-19-17(18-4)20-13-16(3)14-22-11-9-21(5)10-12-22;/h15-16H,6-14H2,1-5H3,(H2,18,19,20);1H. The van der Waals surface area contributed by atoms with Crippen molar-refractivity contribution >= 4 is 29.9 Å². The van der Waals surface area contributed by atoms with Gasteiger partial charge in [0, 0.05) is 52.9 Å². The molecule has 0 aliphatic carbocycles. The second-order valence-electron chi connectivity index (χ2n) is 7.13. The lowest BCUT2D eigenvalue weighted by atomic mass is 10.1. The molecule has 0 bridgehead atoms. The van der Waals surface area contributed by atoms with Crippen molar-refractivity contribution in [1.82, 2.24) is 20.4 Å². The molecule has 1 saturated heterocycles. The van der Waals surface area contributed by atoms with Crippen LogP contribution in [0.2, 0.25) is 0 Å². The molecule has 0 radical (unpaired) electrons. The van der Waals surface area contributed by atoms with Crippen molar-refractivity contribution < 1.29 is 0 Å². The number of piperazine rings is 1.